The van der Waals surface area contributed by atoms with E-state index in [0.29, 0.717) is 21.2 Å². The molecule has 0 aromatic heterocycles. The van der Waals surface area contributed by atoms with Gasteiger partial charge < -0.3 is 0 Å². The van der Waals surface area contributed by atoms with Crippen LogP contribution < -0.4 is 5.43 Å². The Bertz CT molecular complexity index is 669. The molecule has 2 aromatic rings. The normalized spacial score (nSPS) is 10.8. The molecule has 0 atom stereocenters. The number of carbonyl (C=O) groups is 1. The maximum atomic E-state index is 11.8. The van der Waals surface area contributed by atoms with E-state index in [1.54, 1.807) is 30.3 Å². The zero-order chi connectivity index (χ0) is 14.5. The van der Waals surface area contributed by atoms with Crippen molar-refractivity contribution in [2.24, 2.45) is 5.10 Å². The predicted octanol–water partition coefficient (Wildman–Crippen LogP) is 4.07. The fourth-order valence-electron chi connectivity index (χ4n) is 1.62. The molecule has 0 aliphatic rings. The van der Waals surface area contributed by atoms with Gasteiger partial charge in [0.15, 0.2) is 0 Å². The van der Waals surface area contributed by atoms with Crippen molar-refractivity contribution in [3.8, 4) is 0 Å². The molecule has 2 rings (SSSR count). The molecule has 1 amide bonds. The van der Waals surface area contributed by atoms with Gasteiger partial charge in [-0.1, -0.05) is 47.0 Å². The van der Waals surface area contributed by atoms with Crippen molar-refractivity contribution in [1.82, 2.24) is 5.43 Å². The Labute approximate surface area is 127 Å². The number of amides is 1. The predicted molar refractivity (Wildman–Crippen MR) is 82.7 cm³/mol. The molecule has 3 nitrogen and oxygen atoms in total. The quantitative estimate of drug-likeness (QED) is 0.674. The van der Waals surface area contributed by atoms with Crippen LogP contribution in [0.2, 0.25) is 10.0 Å². The number of carbonyl (C=O) groups excluding carboxylic acids is 1. The first-order chi connectivity index (χ1) is 9.56. The first-order valence-corrected chi connectivity index (χ1v) is 6.67. The zero-order valence-corrected chi connectivity index (χ0v) is 12.2. The van der Waals surface area contributed by atoms with Gasteiger partial charge in [-0.15, -0.1) is 0 Å². The SMILES string of the molecule is Cc1cccc(C(=O)N/N=C/c2ccc(Cl)cc2Cl)c1. The van der Waals surface area contributed by atoms with Crippen molar-refractivity contribution in [1.29, 1.82) is 0 Å². The molecule has 2 aromatic carbocycles. The van der Waals surface area contributed by atoms with Gasteiger partial charge in [0.1, 0.15) is 0 Å². The van der Waals surface area contributed by atoms with Gasteiger partial charge in [0, 0.05) is 16.1 Å². The van der Waals surface area contributed by atoms with Crippen LogP contribution in [0.15, 0.2) is 47.6 Å². The summed E-state index contributed by atoms with van der Waals surface area (Å²) in [6.45, 7) is 1.92. The van der Waals surface area contributed by atoms with Crippen molar-refractivity contribution in [3.63, 3.8) is 0 Å². The average molecular weight is 307 g/mol. The minimum atomic E-state index is -0.268. The van der Waals surface area contributed by atoms with Gasteiger partial charge in [0.25, 0.3) is 5.91 Å². The molecular weight excluding hydrogens is 295 g/mol. The van der Waals surface area contributed by atoms with Crippen LogP contribution in [-0.2, 0) is 0 Å². The minimum absolute atomic E-state index is 0.268. The first-order valence-electron chi connectivity index (χ1n) is 5.91. The lowest BCUT2D eigenvalue weighted by Gasteiger charge is -2.01. The molecule has 5 heteroatoms. The summed E-state index contributed by atoms with van der Waals surface area (Å²) in [5.74, 6) is -0.268. The molecule has 0 radical (unpaired) electrons. The van der Waals surface area contributed by atoms with Crippen molar-refractivity contribution >= 4 is 35.3 Å². The standard InChI is InChI=1S/C15H12Cl2N2O/c1-10-3-2-4-11(7-10)15(20)19-18-9-12-5-6-13(16)8-14(12)17/h2-9H,1H3,(H,19,20)/b18-9+. The Morgan fingerprint density at radius 1 is 1.20 bits per heavy atom. The molecule has 0 aliphatic heterocycles. The number of nitrogens with zero attached hydrogens (tertiary/aromatic N) is 1. The van der Waals surface area contributed by atoms with E-state index in [0.717, 1.165) is 5.56 Å². The van der Waals surface area contributed by atoms with Gasteiger partial charge in [-0.25, -0.2) is 5.43 Å². The van der Waals surface area contributed by atoms with E-state index in [9.17, 15) is 4.79 Å². The lowest BCUT2D eigenvalue weighted by molar-refractivity contribution is 0.0955. The Kier molecular flexibility index (Phi) is 4.77. The van der Waals surface area contributed by atoms with Gasteiger partial charge >= 0.3 is 0 Å². The van der Waals surface area contributed by atoms with Crippen molar-refractivity contribution in [3.05, 3.63) is 69.2 Å². The van der Waals surface area contributed by atoms with Crippen LogP contribution in [0, 0.1) is 6.92 Å². The molecule has 0 unspecified atom stereocenters. The second-order valence-electron chi connectivity index (χ2n) is 4.23. The minimum Gasteiger partial charge on any atom is -0.267 e. The largest absolute Gasteiger partial charge is 0.271 e. The van der Waals surface area contributed by atoms with Crippen molar-refractivity contribution < 1.29 is 4.79 Å². The van der Waals surface area contributed by atoms with E-state index < -0.39 is 0 Å². The lowest BCUT2D eigenvalue weighted by atomic mass is 10.1. The highest BCUT2D eigenvalue weighted by atomic mass is 35.5. The van der Waals surface area contributed by atoms with E-state index in [1.807, 2.05) is 19.1 Å². The number of halogens is 2. The van der Waals surface area contributed by atoms with Gasteiger partial charge in [-0.3, -0.25) is 4.79 Å². The number of aryl methyl sites for hydroxylation is 1. The van der Waals surface area contributed by atoms with Crippen LogP contribution >= 0.6 is 23.2 Å². The van der Waals surface area contributed by atoms with E-state index in [2.05, 4.69) is 10.5 Å². The molecular formula is C15H12Cl2N2O. The molecule has 0 saturated carbocycles. The van der Waals surface area contributed by atoms with Crippen LogP contribution in [0.1, 0.15) is 21.5 Å². The van der Waals surface area contributed by atoms with Gasteiger partial charge in [0.2, 0.25) is 0 Å². The number of hydrogen-bond acceptors (Lipinski definition) is 2. The molecule has 20 heavy (non-hydrogen) atoms. The summed E-state index contributed by atoms with van der Waals surface area (Å²) in [6, 6.07) is 12.3. The fraction of sp³-hybridized carbons (Fsp3) is 0.0667. The highest BCUT2D eigenvalue weighted by Gasteiger charge is 2.03. The van der Waals surface area contributed by atoms with Crippen LogP contribution in [0.4, 0.5) is 0 Å². The van der Waals surface area contributed by atoms with E-state index in [-0.39, 0.29) is 5.91 Å². The van der Waals surface area contributed by atoms with Gasteiger partial charge in [-0.05, 0) is 31.2 Å². The molecule has 0 spiro atoms. The van der Waals surface area contributed by atoms with Crippen LogP contribution in [0.5, 0.6) is 0 Å². The third-order valence-corrected chi connectivity index (χ3v) is 3.17. The fourth-order valence-corrected chi connectivity index (χ4v) is 2.07. The van der Waals surface area contributed by atoms with Crippen LogP contribution in [0.3, 0.4) is 0 Å². The number of hydrogen-bond donors (Lipinski definition) is 1. The van der Waals surface area contributed by atoms with E-state index in [1.165, 1.54) is 6.21 Å². The monoisotopic (exact) mass is 306 g/mol. The number of nitrogens with one attached hydrogen (secondary N) is 1. The molecule has 1 N–H and O–H groups in total. The number of rotatable bonds is 3. The first kappa shape index (κ1) is 14.6. The van der Waals surface area contributed by atoms with E-state index in [4.69, 9.17) is 23.2 Å². The summed E-state index contributed by atoms with van der Waals surface area (Å²) in [4.78, 5) is 11.8. The highest BCUT2D eigenvalue weighted by molar-refractivity contribution is 6.36. The summed E-state index contributed by atoms with van der Waals surface area (Å²) in [5, 5.41) is 4.92. The zero-order valence-electron chi connectivity index (χ0n) is 10.7. The maximum Gasteiger partial charge on any atom is 0.271 e. The van der Waals surface area contributed by atoms with Gasteiger partial charge in [-0.2, -0.15) is 5.10 Å². The maximum absolute atomic E-state index is 11.8. The second kappa shape index (κ2) is 6.55. The molecule has 0 saturated heterocycles. The third kappa shape index (κ3) is 3.83. The Morgan fingerprint density at radius 2 is 2.00 bits per heavy atom. The summed E-state index contributed by atoms with van der Waals surface area (Å²) >= 11 is 11.8. The highest BCUT2D eigenvalue weighted by Crippen LogP contribution is 2.19. The lowest BCUT2D eigenvalue weighted by Crippen LogP contribution is -2.17. The Hall–Kier alpha value is -1.84. The van der Waals surface area contributed by atoms with Crippen molar-refractivity contribution in [2.45, 2.75) is 6.92 Å². The Balaban J connectivity index is 2.04. The second-order valence-corrected chi connectivity index (χ2v) is 5.08. The smallest absolute Gasteiger partial charge is 0.267 e. The average Bonchev–Trinajstić information content (AvgIpc) is 2.41. The molecule has 0 aliphatic carbocycles. The topological polar surface area (TPSA) is 41.5 Å². The number of hydrazone groups is 1. The number of benzene rings is 2. The summed E-state index contributed by atoms with van der Waals surface area (Å²) in [7, 11) is 0. The van der Waals surface area contributed by atoms with E-state index >= 15 is 0 Å². The summed E-state index contributed by atoms with van der Waals surface area (Å²) in [6.07, 6.45) is 1.48. The molecule has 0 fully saturated rings. The molecule has 0 bridgehead atoms. The third-order valence-electron chi connectivity index (χ3n) is 2.61. The molecule has 0 heterocycles. The van der Waals surface area contributed by atoms with Crippen LogP contribution in [-0.4, -0.2) is 12.1 Å². The van der Waals surface area contributed by atoms with Crippen LogP contribution in [0.25, 0.3) is 0 Å². The van der Waals surface area contributed by atoms with Gasteiger partial charge in [0.05, 0.1) is 11.2 Å². The summed E-state index contributed by atoms with van der Waals surface area (Å²) in [5.41, 5.74) is 4.71. The summed E-state index contributed by atoms with van der Waals surface area (Å²) < 4.78 is 0. The molecule has 102 valence electrons. The Morgan fingerprint density at radius 3 is 2.70 bits per heavy atom. The van der Waals surface area contributed by atoms with Crippen molar-refractivity contribution in [2.75, 3.05) is 0 Å².